The van der Waals surface area contributed by atoms with Gasteiger partial charge in [-0.3, -0.25) is 4.79 Å². The number of aromatic amines is 1. The van der Waals surface area contributed by atoms with Gasteiger partial charge < -0.3 is 9.26 Å². The van der Waals surface area contributed by atoms with E-state index in [4.69, 9.17) is 9.26 Å². The van der Waals surface area contributed by atoms with Crippen LogP contribution in [0, 0.1) is 18.6 Å². The number of halogens is 2. The van der Waals surface area contributed by atoms with Gasteiger partial charge in [0.2, 0.25) is 0 Å². The van der Waals surface area contributed by atoms with Gasteiger partial charge in [0.25, 0.3) is 5.56 Å². The van der Waals surface area contributed by atoms with Crippen LogP contribution in [0.5, 0.6) is 5.75 Å². The summed E-state index contributed by atoms with van der Waals surface area (Å²) in [5, 5.41) is 2.76. The van der Waals surface area contributed by atoms with Crippen molar-refractivity contribution in [3.63, 3.8) is 0 Å². The topological polar surface area (TPSA) is 55.2 Å². The molecule has 0 amide bonds. The van der Waals surface area contributed by atoms with Crippen molar-refractivity contribution < 1.29 is 18.0 Å². The summed E-state index contributed by atoms with van der Waals surface area (Å²) in [6, 6.07) is 14.7. The Balaban J connectivity index is 1.51. The van der Waals surface area contributed by atoms with E-state index in [0.717, 1.165) is 11.1 Å². The maximum absolute atomic E-state index is 13.5. The van der Waals surface area contributed by atoms with Gasteiger partial charge in [-0.1, -0.05) is 18.2 Å². The average molecular weight is 367 g/mol. The molecule has 0 spiro atoms. The largest absolute Gasteiger partial charge is 0.489 e. The van der Waals surface area contributed by atoms with E-state index in [-0.39, 0.29) is 12.2 Å². The third-order valence-corrected chi connectivity index (χ3v) is 4.38. The van der Waals surface area contributed by atoms with Crippen molar-refractivity contribution in [2.45, 2.75) is 13.5 Å². The number of hydrogen-bond donors (Lipinski definition) is 1. The van der Waals surface area contributed by atoms with Crippen molar-refractivity contribution in [1.29, 1.82) is 0 Å². The lowest BCUT2D eigenvalue weighted by Gasteiger charge is -2.10. The van der Waals surface area contributed by atoms with Crippen LogP contribution >= 0.6 is 0 Å². The molecule has 4 aromatic rings. The van der Waals surface area contributed by atoms with E-state index in [1.807, 2.05) is 6.07 Å². The van der Waals surface area contributed by atoms with Crippen LogP contribution in [0.3, 0.4) is 0 Å². The minimum Gasteiger partial charge on any atom is -0.489 e. The van der Waals surface area contributed by atoms with Crippen molar-refractivity contribution in [2.75, 3.05) is 0 Å². The molecule has 3 aromatic carbocycles. The van der Waals surface area contributed by atoms with Gasteiger partial charge in [0.1, 0.15) is 12.4 Å². The molecule has 0 radical (unpaired) electrons. The van der Waals surface area contributed by atoms with Gasteiger partial charge in [0.15, 0.2) is 17.2 Å². The highest BCUT2D eigenvalue weighted by Crippen LogP contribution is 2.27. The van der Waals surface area contributed by atoms with Crippen molar-refractivity contribution in [3.05, 3.63) is 87.7 Å². The van der Waals surface area contributed by atoms with E-state index >= 15 is 0 Å². The lowest BCUT2D eigenvalue weighted by atomic mass is 10.0. The van der Waals surface area contributed by atoms with Crippen molar-refractivity contribution in [1.82, 2.24) is 5.16 Å². The molecule has 1 heterocycles. The molecule has 0 saturated heterocycles. The number of nitrogens with one attached hydrogen (secondary N) is 1. The van der Waals surface area contributed by atoms with Crippen molar-refractivity contribution in [3.8, 4) is 16.9 Å². The molecule has 0 aliphatic rings. The zero-order chi connectivity index (χ0) is 19.0. The molecule has 1 N–H and O–H groups in total. The minimum absolute atomic E-state index is 0.280. The number of ether oxygens (including phenoxy) is 1. The highest BCUT2D eigenvalue weighted by molar-refractivity contribution is 5.76. The van der Waals surface area contributed by atoms with E-state index < -0.39 is 11.6 Å². The fourth-order valence-electron chi connectivity index (χ4n) is 2.94. The molecule has 0 atom stereocenters. The molecule has 4 nitrogen and oxygen atoms in total. The Kier molecular flexibility index (Phi) is 4.24. The molecular formula is C21H15F2NO3. The summed E-state index contributed by atoms with van der Waals surface area (Å²) in [6.07, 6.45) is 0. The molecule has 6 heteroatoms. The smallest absolute Gasteiger partial charge is 0.287 e. The third-order valence-electron chi connectivity index (χ3n) is 4.38. The molecule has 0 unspecified atom stereocenters. The molecule has 0 fully saturated rings. The molecule has 27 heavy (non-hydrogen) atoms. The first kappa shape index (κ1) is 17.0. The normalized spacial score (nSPS) is 11.1. The number of hydrogen-bond acceptors (Lipinski definition) is 3. The maximum atomic E-state index is 13.5. The fraction of sp³-hybridized carbons (Fsp3) is 0.0952. The lowest BCUT2D eigenvalue weighted by molar-refractivity contribution is 0.306. The Morgan fingerprint density at radius 1 is 1.00 bits per heavy atom. The Morgan fingerprint density at radius 3 is 2.52 bits per heavy atom. The Hall–Kier alpha value is -3.41. The molecule has 1 aromatic heterocycles. The van der Waals surface area contributed by atoms with Crippen LogP contribution in [0.2, 0.25) is 0 Å². The summed E-state index contributed by atoms with van der Waals surface area (Å²) in [6.45, 7) is 2.01. The number of benzene rings is 3. The maximum Gasteiger partial charge on any atom is 0.287 e. The summed E-state index contributed by atoms with van der Waals surface area (Å²) < 4.78 is 37.6. The Bertz CT molecular complexity index is 1180. The zero-order valence-electron chi connectivity index (χ0n) is 14.4. The zero-order valence-corrected chi connectivity index (χ0v) is 14.4. The molecule has 4 rings (SSSR count). The van der Waals surface area contributed by atoms with Crippen molar-refractivity contribution in [2.24, 2.45) is 0 Å². The van der Waals surface area contributed by atoms with Crippen LogP contribution in [-0.4, -0.2) is 5.16 Å². The Morgan fingerprint density at radius 2 is 1.74 bits per heavy atom. The number of aromatic nitrogens is 1. The van der Waals surface area contributed by atoms with Crippen LogP contribution < -0.4 is 10.3 Å². The summed E-state index contributed by atoms with van der Waals surface area (Å²) in [7, 11) is 0. The number of rotatable bonds is 4. The van der Waals surface area contributed by atoms with Crippen molar-refractivity contribution >= 4 is 11.0 Å². The Labute approximate surface area is 153 Å². The summed E-state index contributed by atoms with van der Waals surface area (Å²) in [4.78, 5) is 11.6. The van der Waals surface area contributed by atoms with Gasteiger partial charge in [-0.15, -0.1) is 0 Å². The van der Waals surface area contributed by atoms with E-state index in [2.05, 4.69) is 5.16 Å². The van der Waals surface area contributed by atoms with E-state index in [0.29, 0.717) is 27.8 Å². The molecule has 0 bridgehead atoms. The minimum atomic E-state index is -0.874. The number of H-pyrrole nitrogens is 1. The predicted molar refractivity (Wildman–Crippen MR) is 97.7 cm³/mol. The van der Waals surface area contributed by atoms with Crippen LogP contribution in [-0.2, 0) is 6.61 Å². The van der Waals surface area contributed by atoms with Crippen LogP contribution in [0.1, 0.15) is 11.1 Å². The van der Waals surface area contributed by atoms with E-state index in [1.54, 1.807) is 43.3 Å². The third kappa shape index (κ3) is 3.33. The van der Waals surface area contributed by atoms with Gasteiger partial charge in [-0.25, -0.2) is 8.78 Å². The van der Waals surface area contributed by atoms with Crippen LogP contribution in [0.4, 0.5) is 8.78 Å². The highest BCUT2D eigenvalue weighted by atomic mass is 19.2. The van der Waals surface area contributed by atoms with Crippen LogP contribution in [0.25, 0.3) is 22.1 Å². The summed E-state index contributed by atoms with van der Waals surface area (Å²) >= 11 is 0. The van der Waals surface area contributed by atoms with Gasteiger partial charge in [-0.2, -0.15) is 5.16 Å². The standard InChI is InChI=1S/C21H15F2NO3/c1-12-8-18(22)19(23)10-16(12)14-3-5-15(6-4-14)26-11-13-2-7-20-17(9-13)21(25)24-27-20/h2-10H,11H2,1H3,(H,24,25). The van der Waals surface area contributed by atoms with E-state index in [1.165, 1.54) is 12.1 Å². The quantitative estimate of drug-likeness (QED) is 0.555. The second-order valence-corrected chi connectivity index (χ2v) is 6.26. The molecule has 136 valence electrons. The van der Waals surface area contributed by atoms with Gasteiger partial charge in [0, 0.05) is 0 Å². The molecular weight excluding hydrogens is 352 g/mol. The first-order chi connectivity index (χ1) is 13.0. The van der Waals surface area contributed by atoms with Gasteiger partial charge in [0.05, 0.1) is 5.39 Å². The molecule has 0 aliphatic carbocycles. The summed E-state index contributed by atoms with van der Waals surface area (Å²) in [5.41, 5.74) is 3.10. The first-order valence-corrected chi connectivity index (χ1v) is 8.30. The van der Waals surface area contributed by atoms with Gasteiger partial charge in [-0.05, 0) is 65.6 Å². The second-order valence-electron chi connectivity index (χ2n) is 6.26. The number of aryl methyl sites for hydroxylation is 1. The van der Waals surface area contributed by atoms with E-state index in [9.17, 15) is 13.6 Å². The average Bonchev–Trinajstić information content (AvgIpc) is 3.04. The van der Waals surface area contributed by atoms with Crippen LogP contribution in [0.15, 0.2) is 63.9 Å². The fourth-order valence-corrected chi connectivity index (χ4v) is 2.94. The SMILES string of the molecule is Cc1cc(F)c(F)cc1-c1ccc(OCc2ccc3o[nH]c(=O)c3c2)cc1. The highest BCUT2D eigenvalue weighted by Gasteiger charge is 2.09. The second kappa shape index (κ2) is 6.72. The summed E-state index contributed by atoms with van der Waals surface area (Å²) in [5.74, 6) is -1.11. The van der Waals surface area contributed by atoms with Gasteiger partial charge >= 0.3 is 0 Å². The predicted octanol–water partition coefficient (Wildman–Crippen LogP) is 4.95. The molecule has 0 saturated carbocycles. The first-order valence-electron chi connectivity index (χ1n) is 8.30. The molecule has 0 aliphatic heterocycles. The monoisotopic (exact) mass is 367 g/mol. The lowest BCUT2D eigenvalue weighted by Crippen LogP contribution is -1.99. The number of fused-ring (bicyclic) bond motifs is 1.